The Balaban J connectivity index is 1.56. The zero-order valence-electron chi connectivity index (χ0n) is 19.8. The van der Waals surface area contributed by atoms with Crippen LogP contribution >= 0.6 is 11.6 Å². The van der Waals surface area contributed by atoms with Gasteiger partial charge < -0.3 is 10.1 Å². The molecule has 4 aromatic rings. The second kappa shape index (κ2) is 10.8. The van der Waals surface area contributed by atoms with Gasteiger partial charge in [0.25, 0.3) is 10.0 Å². The van der Waals surface area contributed by atoms with E-state index in [1.807, 2.05) is 37.3 Å². The van der Waals surface area contributed by atoms with E-state index in [1.54, 1.807) is 61.5 Å². The molecule has 0 unspecified atom stereocenters. The van der Waals surface area contributed by atoms with E-state index in [-0.39, 0.29) is 4.90 Å². The van der Waals surface area contributed by atoms with Crippen molar-refractivity contribution < 1.29 is 17.9 Å². The van der Waals surface area contributed by atoms with Crippen LogP contribution in [0.15, 0.2) is 102 Å². The Morgan fingerprint density at radius 3 is 2.17 bits per heavy atom. The molecule has 0 aliphatic heterocycles. The van der Waals surface area contributed by atoms with E-state index >= 15 is 0 Å². The smallest absolute Gasteiger partial charge is 0.264 e. The second-order valence-corrected chi connectivity index (χ2v) is 10.5. The molecule has 1 N–H and O–H groups in total. The van der Waals surface area contributed by atoms with Crippen molar-refractivity contribution in [1.82, 2.24) is 0 Å². The van der Waals surface area contributed by atoms with Crippen molar-refractivity contribution in [3.63, 3.8) is 0 Å². The van der Waals surface area contributed by atoms with Gasteiger partial charge in [-0.15, -0.1) is 0 Å². The van der Waals surface area contributed by atoms with Gasteiger partial charge in [-0.3, -0.25) is 9.10 Å². The van der Waals surface area contributed by atoms with Crippen molar-refractivity contribution in [3.8, 4) is 11.5 Å². The SMILES string of the molecule is Cc1ccc(S(=O)(=O)N(CC(=O)Nc2ccc(Oc3ccccc3)cc2)c2cc(Cl)ccc2C)cc1. The normalized spacial score (nSPS) is 11.1. The molecule has 0 aliphatic carbocycles. The van der Waals surface area contributed by atoms with E-state index in [9.17, 15) is 13.2 Å². The number of carbonyl (C=O) groups excluding carboxylic acids is 1. The summed E-state index contributed by atoms with van der Waals surface area (Å²) in [6, 6.07) is 27.6. The molecule has 0 atom stereocenters. The van der Waals surface area contributed by atoms with Gasteiger partial charge >= 0.3 is 0 Å². The van der Waals surface area contributed by atoms with E-state index in [4.69, 9.17) is 16.3 Å². The first-order valence-electron chi connectivity index (χ1n) is 11.2. The first-order valence-corrected chi connectivity index (χ1v) is 13.0. The Hall–Kier alpha value is -3.81. The minimum Gasteiger partial charge on any atom is -0.457 e. The number of anilines is 2. The number of hydrogen-bond acceptors (Lipinski definition) is 4. The topological polar surface area (TPSA) is 75.7 Å². The number of ether oxygens (including phenoxy) is 1. The summed E-state index contributed by atoms with van der Waals surface area (Å²) < 4.78 is 34.1. The van der Waals surface area contributed by atoms with E-state index in [0.717, 1.165) is 9.87 Å². The zero-order valence-corrected chi connectivity index (χ0v) is 21.4. The first-order chi connectivity index (χ1) is 17.2. The van der Waals surface area contributed by atoms with Gasteiger partial charge in [0.05, 0.1) is 10.6 Å². The molecule has 0 radical (unpaired) electrons. The maximum atomic E-state index is 13.6. The third-order valence-electron chi connectivity index (χ3n) is 5.45. The number of carbonyl (C=O) groups is 1. The molecule has 6 nitrogen and oxygen atoms in total. The molecule has 0 aliphatic rings. The molecule has 1 amide bonds. The molecule has 0 aromatic heterocycles. The fourth-order valence-corrected chi connectivity index (χ4v) is 5.19. The lowest BCUT2D eigenvalue weighted by Gasteiger charge is -2.26. The highest BCUT2D eigenvalue weighted by Gasteiger charge is 2.28. The highest BCUT2D eigenvalue weighted by atomic mass is 35.5. The van der Waals surface area contributed by atoms with Crippen molar-refractivity contribution in [2.75, 3.05) is 16.2 Å². The van der Waals surface area contributed by atoms with Crippen LogP contribution in [0.2, 0.25) is 5.02 Å². The van der Waals surface area contributed by atoms with E-state index < -0.39 is 22.5 Å². The van der Waals surface area contributed by atoms with Gasteiger partial charge in [0.15, 0.2) is 0 Å². The van der Waals surface area contributed by atoms with Crippen molar-refractivity contribution in [2.24, 2.45) is 0 Å². The predicted octanol–water partition coefficient (Wildman–Crippen LogP) is 6.58. The van der Waals surface area contributed by atoms with Crippen LogP contribution in [0.1, 0.15) is 11.1 Å². The summed E-state index contributed by atoms with van der Waals surface area (Å²) >= 11 is 6.18. The average molecular weight is 521 g/mol. The quantitative estimate of drug-likeness (QED) is 0.284. The molecule has 4 aromatic carbocycles. The number of hydrogen-bond donors (Lipinski definition) is 1. The average Bonchev–Trinajstić information content (AvgIpc) is 2.86. The molecule has 0 saturated carbocycles. The highest BCUT2D eigenvalue weighted by molar-refractivity contribution is 7.92. The van der Waals surface area contributed by atoms with Crippen LogP contribution in [0.5, 0.6) is 11.5 Å². The number of aryl methyl sites for hydroxylation is 2. The summed E-state index contributed by atoms with van der Waals surface area (Å²) in [5, 5.41) is 3.14. The number of sulfonamides is 1. The van der Waals surface area contributed by atoms with E-state index in [0.29, 0.717) is 33.5 Å². The van der Waals surface area contributed by atoms with Crippen LogP contribution < -0.4 is 14.4 Å². The summed E-state index contributed by atoms with van der Waals surface area (Å²) in [4.78, 5) is 13.1. The molecular weight excluding hydrogens is 496 g/mol. The summed E-state index contributed by atoms with van der Waals surface area (Å²) in [5.41, 5.74) is 2.45. The van der Waals surface area contributed by atoms with Crippen LogP contribution in [0.3, 0.4) is 0 Å². The summed E-state index contributed by atoms with van der Waals surface area (Å²) in [5.74, 6) is 0.808. The van der Waals surface area contributed by atoms with Crippen LogP contribution in [0.25, 0.3) is 0 Å². The second-order valence-electron chi connectivity index (χ2n) is 8.24. The molecule has 36 heavy (non-hydrogen) atoms. The third-order valence-corrected chi connectivity index (χ3v) is 7.46. The molecule has 0 spiro atoms. The van der Waals surface area contributed by atoms with Gasteiger partial charge in [0.2, 0.25) is 5.91 Å². The highest BCUT2D eigenvalue weighted by Crippen LogP contribution is 2.30. The van der Waals surface area contributed by atoms with Crippen LogP contribution in [-0.4, -0.2) is 20.9 Å². The monoisotopic (exact) mass is 520 g/mol. The van der Waals surface area contributed by atoms with Gasteiger partial charge in [0, 0.05) is 10.7 Å². The maximum absolute atomic E-state index is 13.6. The van der Waals surface area contributed by atoms with Gasteiger partial charge in [-0.05, 0) is 80.1 Å². The van der Waals surface area contributed by atoms with Crippen molar-refractivity contribution in [2.45, 2.75) is 18.7 Å². The molecule has 0 bridgehead atoms. The predicted molar refractivity (Wildman–Crippen MR) is 143 cm³/mol. The van der Waals surface area contributed by atoms with Crippen molar-refractivity contribution in [1.29, 1.82) is 0 Å². The molecular formula is C28H25ClN2O4S. The van der Waals surface area contributed by atoms with Crippen molar-refractivity contribution >= 4 is 38.9 Å². The molecule has 8 heteroatoms. The van der Waals surface area contributed by atoms with E-state index in [1.165, 1.54) is 12.1 Å². The molecule has 4 rings (SSSR count). The number of benzene rings is 4. The maximum Gasteiger partial charge on any atom is 0.264 e. The Morgan fingerprint density at radius 1 is 0.861 bits per heavy atom. The van der Waals surface area contributed by atoms with Crippen LogP contribution in [0, 0.1) is 13.8 Å². The number of halogens is 1. The number of nitrogens with one attached hydrogen (secondary N) is 1. The Morgan fingerprint density at radius 2 is 1.50 bits per heavy atom. The van der Waals surface area contributed by atoms with Crippen LogP contribution in [-0.2, 0) is 14.8 Å². The molecule has 0 saturated heterocycles. The lowest BCUT2D eigenvalue weighted by molar-refractivity contribution is -0.114. The largest absolute Gasteiger partial charge is 0.457 e. The number of nitrogens with zero attached hydrogens (tertiary/aromatic N) is 1. The molecule has 0 heterocycles. The fraction of sp³-hybridized carbons (Fsp3) is 0.107. The fourth-order valence-electron chi connectivity index (χ4n) is 3.55. The van der Waals surface area contributed by atoms with Gasteiger partial charge in [0.1, 0.15) is 18.0 Å². The van der Waals surface area contributed by atoms with Gasteiger partial charge in [-0.2, -0.15) is 0 Å². The first kappa shape index (κ1) is 25.3. The summed E-state index contributed by atoms with van der Waals surface area (Å²) in [6.07, 6.45) is 0. The number of amides is 1. The standard InChI is InChI=1S/C28H25ClN2O4S/c1-20-8-16-26(17-9-20)36(33,34)31(27-18-22(29)11-10-21(27)2)19-28(32)30-23-12-14-25(15-13-23)35-24-6-4-3-5-7-24/h3-18H,19H2,1-2H3,(H,30,32). The Kier molecular flexibility index (Phi) is 7.62. The Labute approximate surface area is 216 Å². The number of para-hydroxylation sites is 1. The summed E-state index contributed by atoms with van der Waals surface area (Å²) in [7, 11) is -4.04. The minimum absolute atomic E-state index is 0.0858. The third kappa shape index (κ3) is 6.05. The minimum atomic E-state index is -4.04. The zero-order chi connectivity index (χ0) is 25.7. The molecule has 184 valence electrons. The van der Waals surface area contributed by atoms with Crippen molar-refractivity contribution in [3.05, 3.63) is 113 Å². The lowest BCUT2D eigenvalue weighted by Crippen LogP contribution is -2.38. The van der Waals surface area contributed by atoms with Crippen LogP contribution in [0.4, 0.5) is 11.4 Å². The van der Waals surface area contributed by atoms with Gasteiger partial charge in [-0.1, -0.05) is 53.6 Å². The van der Waals surface area contributed by atoms with E-state index in [2.05, 4.69) is 5.32 Å². The Bertz CT molecular complexity index is 1460. The van der Waals surface area contributed by atoms with Gasteiger partial charge in [-0.25, -0.2) is 8.42 Å². The lowest BCUT2D eigenvalue weighted by atomic mass is 10.2. The summed E-state index contributed by atoms with van der Waals surface area (Å²) in [6.45, 7) is 3.21. The molecule has 0 fully saturated rings. The number of rotatable bonds is 8.